The van der Waals surface area contributed by atoms with Crippen LogP contribution in [0.5, 0.6) is 0 Å². The second-order valence-electron chi connectivity index (χ2n) is 6.78. The fourth-order valence-corrected chi connectivity index (χ4v) is 4.89. The van der Waals surface area contributed by atoms with Gasteiger partial charge in [0.25, 0.3) is 0 Å². The highest BCUT2D eigenvalue weighted by Gasteiger charge is 2.42. The summed E-state index contributed by atoms with van der Waals surface area (Å²) in [6.07, 6.45) is 7.10. The molecule has 1 N–H and O–H groups in total. The van der Waals surface area contributed by atoms with Gasteiger partial charge in [-0.15, -0.1) is 10.2 Å². The minimum atomic E-state index is 0.0894. The van der Waals surface area contributed by atoms with E-state index in [9.17, 15) is 4.79 Å². The predicted octanol–water partition coefficient (Wildman–Crippen LogP) is 1.96. The molecule has 128 valence electrons. The molecule has 2 bridgehead atoms. The van der Waals surface area contributed by atoms with Crippen molar-refractivity contribution in [2.45, 2.75) is 50.4 Å². The van der Waals surface area contributed by atoms with Crippen LogP contribution in [0.4, 0.5) is 0 Å². The van der Waals surface area contributed by atoms with Gasteiger partial charge in [-0.1, -0.05) is 18.2 Å². The van der Waals surface area contributed by atoms with E-state index in [2.05, 4.69) is 22.4 Å². The van der Waals surface area contributed by atoms with Crippen LogP contribution in [-0.2, 0) is 16.1 Å². The molecule has 0 aromatic carbocycles. The van der Waals surface area contributed by atoms with Crippen molar-refractivity contribution in [3.05, 3.63) is 6.33 Å². The Kier molecular flexibility index (Phi) is 5.58. The van der Waals surface area contributed by atoms with Crippen LogP contribution in [0.25, 0.3) is 0 Å². The Bertz CT molecular complexity index is 536. The van der Waals surface area contributed by atoms with Crippen LogP contribution >= 0.6 is 11.8 Å². The van der Waals surface area contributed by atoms with Gasteiger partial charge in [-0.25, -0.2) is 0 Å². The Hall–Kier alpha value is -1.08. The van der Waals surface area contributed by atoms with Gasteiger partial charge in [0, 0.05) is 19.7 Å². The molecule has 23 heavy (non-hydrogen) atoms. The van der Waals surface area contributed by atoms with Crippen molar-refractivity contribution in [3.63, 3.8) is 0 Å². The van der Waals surface area contributed by atoms with Crippen LogP contribution in [0.2, 0.25) is 0 Å². The third-order valence-electron chi connectivity index (χ3n) is 5.27. The molecular formula is C16H26N4O2S. The molecule has 0 saturated heterocycles. The Morgan fingerprint density at radius 1 is 1.52 bits per heavy atom. The minimum Gasteiger partial charge on any atom is -0.383 e. The molecular weight excluding hydrogens is 312 g/mol. The van der Waals surface area contributed by atoms with Gasteiger partial charge in [-0.2, -0.15) is 0 Å². The molecule has 1 aromatic heterocycles. The monoisotopic (exact) mass is 338 g/mol. The summed E-state index contributed by atoms with van der Waals surface area (Å²) in [7, 11) is 1.67. The number of hydrogen-bond donors (Lipinski definition) is 1. The number of fused-ring (bicyclic) bond motifs is 2. The van der Waals surface area contributed by atoms with Gasteiger partial charge >= 0.3 is 0 Å². The number of ether oxygens (including phenoxy) is 1. The lowest BCUT2D eigenvalue weighted by Crippen LogP contribution is -2.40. The van der Waals surface area contributed by atoms with Crippen LogP contribution in [0.1, 0.15) is 32.6 Å². The number of hydrogen-bond acceptors (Lipinski definition) is 5. The standard InChI is InChI=1S/C16H26N4O2S/c1-11(14-8-12-3-4-13(14)7-12)18-15(21)9-23-16-19-17-10-20(16)5-6-22-2/h10-14H,3-9H2,1-2H3,(H,18,21). The number of thioether (sulfide) groups is 1. The first-order chi connectivity index (χ1) is 11.2. The molecule has 1 heterocycles. The van der Waals surface area contributed by atoms with Gasteiger partial charge in [0.2, 0.25) is 5.91 Å². The Morgan fingerprint density at radius 2 is 2.39 bits per heavy atom. The van der Waals surface area contributed by atoms with E-state index in [4.69, 9.17) is 4.74 Å². The average molecular weight is 338 g/mol. The van der Waals surface area contributed by atoms with Gasteiger partial charge < -0.3 is 14.6 Å². The van der Waals surface area contributed by atoms with Crippen LogP contribution in [0.15, 0.2) is 11.5 Å². The molecule has 0 radical (unpaired) electrons. The molecule has 6 nitrogen and oxygen atoms in total. The summed E-state index contributed by atoms with van der Waals surface area (Å²) in [5.41, 5.74) is 0. The van der Waals surface area contributed by atoms with E-state index in [0.29, 0.717) is 24.8 Å². The molecule has 7 heteroatoms. The van der Waals surface area contributed by atoms with E-state index in [1.807, 2.05) is 4.57 Å². The summed E-state index contributed by atoms with van der Waals surface area (Å²) < 4.78 is 6.98. The number of carbonyl (C=O) groups excluding carboxylic acids is 1. The molecule has 2 fully saturated rings. The van der Waals surface area contributed by atoms with E-state index in [1.165, 1.54) is 37.4 Å². The summed E-state index contributed by atoms with van der Waals surface area (Å²) >= 11 is 1.43. The predicted molar refractivity (Wildman–Crippen MR) is 89.2 cm³/mol. The van der Waals surface area contributed by atoms with E-state index in [-0.39, 0.29) is 11.9 Å². The van der Waals surface area contributed by atoms with Gasteiger partial charge in [-0.05, 0) is 43.9 Å². The molecule has 2 aliphatic carbocycles. The molecule has 0 spiro atoms. The van der Waals surface area contributed by atoms with Crippen LogP contribution in [0, 0.1) is 17.8 Å². The summed E-state index contributed by atoms with van der Waals surface area (Å²) in [5.74, 6) is 2.90. The Balaban J connectivity index is 1.43. The van der Waals surface area contributed by atoms with Gasteiger partial charge in [-0.3, -0.25) is 4.79 Å². The molecule has 4 unspecified atom stereocenters. The maximum atomic E-state index is 12.2. The maximum Gasteiger partial charge on any atom is 0.230 e. The number of nitrogens with zero attached hydrogens (tertiary/aromatic N) is 3. The third kappa shape index (κ3) is 4.07. The van der Waals surface area contributed by atoms with Crippen molar-refractivity contribution in [1.82, 2.24) is 20.1 Å². The summed E-state index contributed by atoms with van der Waals surface area (Å²) in [6, 6.07) is 0.282. The Labute approximate surface area is 141 Å². The SMILES string of the molecule is COCCn1cnnc1SCC(=O)NC(C)C1CC2CCC1C2. The van der Waals surface area contributed by atoms with E-state index < -0.39 is 0 Å². The quantitative estimate of drug-likeness (QED) is 0.734. The highest BCUT2D eigenvalue weighted by Crippen LogP contribution is 2.49. The number of rotatable bonds is 8. The highest BCUT2D eigenvalue weighted by molar-refractivity contribution is 7.99. The normalized spacial score (nSPS) is 27.3. The number of nitrogens with one attached hydrogen (secondary N) is 1. The lowest BCUT2D eigenvalue weighted by molar-refractivity contribution is -0.119. The first-order valence-electron chi connectivity index (χ1n) is 8.46. The molecule has 1 amide bonds. The number of carbonyl (C=O) groups is 1. The fraction of sp³-hybridized carbons (Fsp3) is 0.812. The van der Waals surface area contributed by atoms with E-state index >= 15 is 0 Å². The van der Waals surface area contributed by atoms with Crippen molar-refractivity contribution in [2.24, 2.45) is 17.8 Å². The largest absolute Gasteiger partial charge is 0.383 e. The fourth-order valence-electron chi connectivity index (χ4n) is 4.14. The Morgan fingerprint density at radius 3 is 3.09 bits per heavy atom. The van der Waals surface area contributed by atoms with Crippen molar-refractivity contribution in [3.8, 4) is 0 Å². The van der Waals surface area contributed by atoms with E-state index in [1.54, 1.807) is 13.4 Å². The van der Waals surface area contributed by atoms with Gasteiger partial charge in [0.05, 0.1) is 12.4 Å². The van der Waals surface area contributed by atoms with E-state index in [0.717, 1.165) is 17.0 Å². The second kappa shape index (κ2) is 7.66. The smallest absolute Gasteiger partial charge is 0.230 e. The average Bonchev–Trinajstić information content (AvgIpc) is 3.27. The minimum absolute atomic E-state index is 0.0894. The van der Waals surface area contributed by atoms with Crippen LogP contribution in [-0.4, -0.2) is 46.2 Å². The van der Waals surface area contributed by atoms with Crippen molar-refractivity contribution < 1.29 is 9.53 Å². The van der Waals surface area contributed by atoms with Gasteiger partial charge in [0.15, 0.2) is 5.16 Å². The molecule has 2 aliphatic rings. The summed E-state index contributed by atoms with van der Waals surface area (Å²) in [5, 5.41) is 11.9. The van der Waals surface area contributed by atoms with Gasteiger partial charge in [0.1, 0.15) is 6.33 Å². The third-order valence-corrected chi connectivity index (χ3v) is 6.25. The summed E-state index contributed by atoms with van der Waals surface area (Å²) in [4.78, 5) is 12.2. The molecule has 0 aliphatic heterocycles. The van der Waals surface area contributed by atoms with Crippen molar-refractivity contribution >= 4 is 17.7 Å². The molecule has 4 atom stereocenters. The zero-order valence-electron chi connectivity index (χ0n) is 13.9. The molecule has 3 rings (SSSR count). The first kappa shape index (κ1) is 16.8. The van der Waals surface area contributed by atoms with Crippen LogP contribution < -0.4 is 5.32 Å². The zero-order valence-corrected chi connectivity index (χ0v) is 14.7. The topological polar surface area (TPSA) is 69.0 Å². The highest BCUT2D eigenvalue weighted by atomic mass is 32.2. The van der Waals surface area contributed by atoms with Crippen molar-refractivity contribution in [2.75, 3.05) is 19.5 Å². The number of amides is 1. The molecule has 2 saturated carbocycles. The lowest BCUT2D eigenvalue weighted by atomic mass is 9.84. The number of aromatic nitrogens is 3. The first-order valence-corrected chi connectivity index (χ1v) is 9.45. The summed E-state index contributed by atoms with van der Waals surface area (Å²) in [6.45, 7) is 3.48. The zero-order chi connectivity index (χ0) is 16.2. The van der Waals surface area contributed by atoms with Crippen molar-refractivity contribution in [1.29, 1.82) is 0 Å². The maximum absolute atomic E-state index is 12.2. The van der Waals surface area contributed by atoms with Crippen LogP contribution in [0.3, 0.4) is 0 Å². The molecule has 1 aromatic rings. The number of methoxy groups -OCH3 is 1. The second-order valence-corrected chi connectivity index (χ2v) is 7.73. The lowest BCUT2D eigenvalue weighted by Gasteiger charge is -2.28.